The van der Waals surface area contributed by atoms with E-state index in [2.05, 4.69) is 18.3 Å². The maximum atomic E-state index is 10.1. The lowest BCUT2D eigenvalue weighted by Crippen LogP contribution is -1.94. The van der Waals surface area contributed by atoms with Crippen LogP contribution in [-0.2, 0) is 4.79 Å². The monoisotopic (exact) mass is 139 g/mol. The highest BCUT2D eigenvalue weighted by Gasteiger charge is 1.97. The minimum atomic E-state index is -0.894. The number of hydrogen-bond donors (Lipinski definition) is 1. The molecule has 0 aromatic heterocycles. The van der Waals surface area contributed by atoms with Gasteiger partial charge in [-0.05, 0) is 12.3 Å². The Morgan fingerprint density at radius 2 is 2.30 bits per heavy atom. The van der Waals surface area contributed by atoms with Gasteiger partial charge in [0.15, 0.2) is 0 Å². The molecule has 0 atom stereocenters. The van der Waals surface area contributed by atoms with E-state index in [1.807, 2.05) is 0 Å². The number of aliphatic imine (C=N–C) groups is 1. The second-order valence-electron chi connectivity index (χ2n) is 1.66. The molecule has 0 aliphatic heterocycles. The Labute approximate surface area is 59.4 Å². The SMILES string of the molecule is C=C/C(=C\N=C)CC(=O)O. The second-order valence-corrected chi connectivity index (χ2v) is 1.66. The van der Waals surface area contributed by atoms with Crippen molar-refractivity contribution in [1.82, 2.24) is 0 Å². The Morgan fingerprint density at radius 3 is 2.60 bits per heavy atom. The predicted molar refractivity (Wildman–Crippen MR) is 40.1 cm³/mol. The molecule has 0 bridgehead atoms. The van der Waals surface area contributed by atoms with Gasteiger partial charge in [-0.15, -0.1) is 0 Å². The Hall–Kier alpha value is -1.38. The summed E-state index contributed by atoms with van der Waals surface area (Å²) in [6.45, 7) is 6.60. The van der Waals surface area contributed by atoms with E-state index >= 15 is 0 Å². The largest absolute Gasteiger partial charge is 0.481 e. The van der Waals surface area contributed by atoms with E-state index in [0.717, 1.165) is 0 Å². The van der Waals surface area contributed by atoms with Gasteiger partial charge in [0, 0.05) is 6.20 Å². The fraction of sp³-hybridized carbons (Fsp3) is 0.143. The van der Waals surface area contributed by atoms with E-state index < -0.39 is 5.97 Å². The molecule has 0 aromatic rings. The molecular formula is C7H9NO2. The van der Waals surface area contributed by atoms with E-state index in [9.17, 15) is 4.79 Å². The van der Waals surface area contributed by atoms with Crippen LogP contribution >= 0.6 is 0 Å². The van der Waals surface area contributed by atoms with E-state index in [1.54, 1.807) is 0 Å². The van der Waals surface area contributed by atoms with Gasteiger partial charge >= 0.3 is 5.97 Å². The van der Waals surface area contributed by atoms with Crippen LogP contribution in [0.4, 0.5) is 0 Å². The predicted octanol–water partition coefficient (Wildman–Crippen LogP) is 1.23. The Kier molecular flexibility index (Phi) is 3.87. The Morgan fingerprint density at radius 1 is 1.70 bits per heavy atom. The van der Waals surface area contributed by atoms with Crippen LogP contribution in [0, 0.1) is 0 Å². The molecule has 0 unspecified atom stereocenters. The molecule has 0 saturated heterocycles. The summed E-state index contributed by atoms with van der Waals surface area (Å²) < 4.78 is 0. The third-order valence-corrected chi connectivity index (χ3v) is 0.875. The van der Waals surface area contributed by atoms with Gasteiger partial charge in [0.25, 0.3) is 0 Å². The number of rotatable bonds is 4. The maximum Gasteiger partial charge on any atom is 0.307 e. The standard InChI is InChI=1S/C7H9NO2/c1-3-6(5-8-2)4-7(9)10/h3,5H,1-2,4H2,(H,9,10)/b6-5+. The van der Waals surface area contributed by atoms with Gasteiger partial charge in [-0.25, -0.2) is 0 Å². The fourth-order valence-corrected chi connectivity index (χ4v) is 0.462. The van der Waals surface area contributed by atoms with Crippen molar-refractivity contribution in [2.24, 2.45) is 4.99 Å². The van der Waals surface area contributed by atoms with Crippen molar-refractivity contribution in [3.05, 3.63) is 24.4 Å². The smallest absolute Gasteiger partial charge is 0.307 e. The van der Waals surface area contributed by atoms with Crippen LogP contribution in [0.3, 0.4) is 0 Å². The molecule has 0 radical (unpaired) electrons. The lowest BCUT2D eigenvalue weighted by Gasteiger charge is -1.91. The van der Waals surface area contributed by atoms with Crippen LogP contribution in [0.2, 0.25) is 0 Å². The number of hydrogen-bond acceptors (Lipinski definition) is 2. The molecule has 3 nitrogen and oxygen atoms in total. The van der Waals surface area contributed by atoms with Crippen LogP contribution in [0.15, 0.2) is 29.4 Å². The zero-order chi connectivity index (χ0) is 7.98. The highest BCUT2D eigenvalue weighted by atomic mass is 16.4. The van der Waals surface area contributed by atoms with E-state index in [0.29, 0.717) is 5.57 Å². The molecule has 0 spiro atoms. The van der Waals surface area contributed by atoms with Crippen LogP contribution < -0.4 is 0 Å². The van der Waals surface area contributed by atoms with E-state index in [4.69, 9.17) is 5.11 Å². The zero-order valence-electron chi connectivity index (χ0n) is 5.58. The molecule has 54 valence electrons. The number of carboxylic acids is 1. The van der Waals surface area contributed by atoms with Crippen molar-refractivity contribution < 1.29 is 9.90 Å². The third-order valence-electron chi connectivity index (χ3n) is 0.875. The van der Waals surface area contributed by atoms with Crippen LogP contribution in [0.25, 0.3) is 0 Å². The molecule has 3 heteroatoms. The summed E-state index contributed by atoms with van der Waals surface area (Å²) in [5.41, 5.74) is 0.558. The fourth-order valence-electron chi connectivity index (χ4n) is 0.462. The molecule has 0 aromatic carbocycles. The van der Waals surface area contributed by atoms with Crippen molar-refractivity contribution >= 4 is 12.7 Å². The normalized spacial score (nSPS) is 10.6. The minimum Gasteiger partial charge on any atom is -0.481 e. The molecule has 0 aliphatic carbocycles. The zero-order valence-corrected chi connectivity index (χ0v) is 5.58. The van der Waals surface area contributed by atoms with Gasteiger partial charge in [-0.3, -0.25) is 9.79 Å². The number of carbonyl (C=O) groups is 1. The van der Waals surface area contributed by atoms with Crippen molar-refractivity contribution in [1.29, 1.82) is 0 Å². The lowest BCUT2D eigenvalue weighted by atomic mass is 10.2. The molecule has 0 saturated carbocycles. The van der Waals surface area contributed by atoms with Crippen LogP contribution in [0.5, 0.6) is 0 Å². The molecule has 0 amide bonds. The molecule has 10 heavy (non-hydrogen) atoms. The molecule has 0 fully saturated rings. The average molecular weight is 139 g/mol. The summed E-state index contributed by atoms with van der Waals surface area (Å²) >= 11 is 0. The van der Waals surface area contributed by atoms with E-state index in [-0.39, 0.29) is 6.42 Å². The Balaban J connectivity index is 4.08. The quantitative estimate of drug-likeness (QED) is 0.470. The molecule has 0 aliphatic rings. The highest BCUT2D eigenvalue weighted by Crippen LogP contribution is 2.01. The summed E-state index contributed by atoms with van der Waals surface area (Å²) in [6, 6.07) is 0. The number of nitrogens with zero attached hydrogens (tertiary/aromatic N) is 1. The van der Waals surface area contributed by atoms with Gasteiger partial charge in [0.1, 0.15) is 0 Å². The third kappa shape index (κ3) is 3.60. The number of allylic oxidation sites excluding steroid dienone is 1. The summed E-state index contributed by atoms with van der Waals surface area (Å²) in [6.07, 6.45) is 2.77. The van der Waals surface area contributed by atoms with Crippen molar-refractivity contribution in [2.75, 3.05) is 0 Å². The Bertz CT molecular complexity index is 182. The number of aliphatic carboxylic acids is 1. The van der Waals surface area contributed by atoms with Crippen molar-refractivity contribution in [3.8, 4) is 0 Å². The minimum absolute atomic E-state index is 0.0531. The lowest BCUT2D eigenvalue weighted by molar-refractivity contribution is -0.136. The van der Waals surface area contributed by atoms with Gasteiger partial charge < -0.3 is 5.11 Å². The average Bonchev–Trinajstić information content (AvgIpc) is 1.86. The van der Waals surface area contributed by atoms with Crippen molar-refractivity contribution in [3.63, 3.8) is 0 Å². The first-order valence-corrected chi connectivity index (χ1v) is 2.69. The maximum absolute atomic E-state index is 10.1. The highest BCUT2D eigenvalue weighted by molar-refractivity contribution is 5.70. The second kappa shape index (κ2) is 4.49. The van der Waals surface area contributed by atoms with Crippen molar-refractivity contribution in [2.45, 2.75) is 6.42 Å². The van der Waals surface area contributed by atoms with Gasteiger partial charge in [0.05, 0.1) is 6.42 Å². The van der Waals surface area contributed by atoms with Crippen LogP contribution in [-0.4, -0.2) is 17.8 Å². The summed E-state index contributed by atoms with van der Waals surface area (Å²) in [5, 5.41) is 8.29. The first kappa shape index (κ1) is 8.62. The van der Waals surface area contributed by atoms with Gasteiger partial charge in [-0.1, -0.05) is 12.7 Å². The van der Waals surface area contributed by atoms with Crippen LogP contribution in [0.1, 0.15) is 6.42 Å². The molecule has 0 rings (SSSR count). The first-order chi connectivity index (χ1) is 4.70. The first-order valence-electron chi connectivity index (χ1n) is 2.69. The summed E-state index contributed by atoms with van der Waals surface area (Å²) in [7, 11) is 0. The van der Waals surface area contributed by atoms with Gasteiger partial charge in [-0.2, -0.15) is 0 Å². The topological polar surface area (TPSA) is 49.7 Å². The molecule has 0 heterocycles. The molecule has 1 N–H and O–H groups in total. The number of carboxylic acid groups (broad SMARTS) is 1. The molecular weight excluding hydrogens is 130 g/mol. The summed E-state index contributed by atoms with van der Waals surface area (Å²) in [4.78, 5) is 13.5. The van der Waals surface area contributed by atoms with Gasteiger partial charge in [0.2, 0.25) is 0 Å². The summed E-state index contributed by atoms with van der Waals surface area (Å²) in [5.74, 6) is -0.894. The van der Waals surface area contributed by atoms with E-state index in [1.165, 1.54) is 12.3 Å².